The van der Waals surface area contributed by atoms with E-state index in [0.717, 1.165) is 37.7 Å². The van der Waals surface area contributed by atoms with Crippen LogP contribution in [-0.2, 0) is 14.8 Å². The molecular formula is C27H36N4O4S2. The van der Waals surface area contributed by atoms with E-state index in [1.165, 1.54) is 24.2 Å². The van der Waals surface area contributed by atoms with Crippen molar-refractivity contribution in [2.24, 2.45) is 5.92 Å². The Bertz CT molecular complexity index is 1300. The smallest absolute Gasteiger partial charge is 0.243 e. The average Bonchev–Trinajstić information content (AvgIpc) is 3.56. The zero-order valence-electron chi connectivity index (χ0n) is 21.8. The van der Waals surface area contributed by atoms with E-state index in [2.05, 4.69) is 15.3 Å². The molecule has 0 radical (unpaired) electrons. The lowest BCUT2D eigenvalue weighted by Gasteiger charge is -2.22. The van der Waals surface area contributed by atoms with Gasteiger partial charge in [0.05, 0.1) is 17.9 Å². The van der Waals surface area contributed by atoms with Crippen LogP contribution in [0.15, 0.2) is 41.3 Å². The van der Waals surface area contributed by atoms with Gasteiger partial charge in [-0.05, 0) is 48.9 Å². The quantitative estimate of drug-likeness (QED) is 0.309. The molecule has 200 valence electrons. The highest BCUT2D eigenvalue weighted by Gasteiger charge is 2.29. The first kappa shape index (κ1) is 27.5. The average molecular weight is 545 g/mol. The largest absolute Gasteiger partial charge is 0.481 e. The van der Waals surface area contributed by atoms with Crippen LogP contribution < -0.4 is 10.1 Å². The maximum absolute atomic E-state index is 13.5. The van der Waals surface area contributed by atoms with Crippen LogP contribution in [-0.4, -0.2) is 48.8 Å². The number of sulfonamides is 1. The van der Waals surface area contributed by atoms with Crippen molar-refractivity contribution >= 4 is 42.7 Å². The summed E-state index contributed by atoms with van der Waals surface area (Å²) >= 11 is 1.31. The number of benzene rings is 1. The summed E-state index contributed by atoms with van der Waals surface area (Å²) in [4.78, 5) is 23.4. The number of thiazole rings is 1. The Labute approximate surface area is 223 Å². The number of nitrogens with zero attached hydrogens (tertiary/aromatic N) is 3. The second-order valence-electron chi connectivity index (χ2n) is 9.60. The Hall–Kier alpha value is -2.56. The molecule has 1 fully saturated rings. The number of carbonyl (C=O) groups excluding carboxylic acids is 1. The number of rotatable bonds is 12. The molecule has 8 nitrogen and oxygen atoms in total. The van der Waals surface area contributed by atoms with E-state index in [1.807, 2.05) is 19.9 Å². The molecule has 1 unspecified atom stereocenters. The predicted octanol–water partition coefficient (Wildman–Crippen LogP) is 5.81. The molecule has 0 spiro atoms. The SMILES string of the molecule is CCCN(CCC)S(=O)(=O)c1ccc(C(CC2CCCC2)C(=O)Nc2nc3ccc(OC)nc3s2)cc1. The molecule has 1 saturated carbocycles. The third-order valence-electron chi connectivity index (χ3n) is 6.90. The monoisotopic (exact) mass is 544 g/mol. The van der Waals surface area contributed by atoms with E-state index in [0.29, 0.717) is 40.4 Å². The molecule has 4 rings (SSSR count). The van der Waals surface area contributed by atoms with Crippen LogP contribution in [0, 0.1) is 5.92 Å². The normalized spacial score (nSPS) is 15.4. The molecule has 1 aromatic carbocycles. The van der Waals surface area contributed by atoms with Gasteiger partial charge in [-0.15, -0.1) is 0 Å². The van der Waals surface area contributed by atoms with Crippen LogP contribution in [0.5, 0.6) is 5.88 Å². The Balaban J connectivity index is 1.57. The number of hydrogen-bond acceptors (Lipinski definition) is 7. The third kappa shape index (κ3) is 6.48. The number of methoxy groups -OCH3 is 1. The van der Waals surface area contributed by atoms with Crippen LogP contribution in [0.1, 0.15) is 70.3 Å². The van der Waals surface area contributed by atoms with Gasteiger partial charge in [0.25, 0.3) is 0 Å². The van der Waals surface area contributed by atoms with E-state index < -0.39 is 15.9 Å². The number of nitrogens with one attached hydrogen (secondary N) is 1. The molecule has 0 aliphatic heterocycles. The Morgan fingerprint density at radius 3 is 2.38 bits per heavy atom. The van der Waals surface area contributed by atoms with Crippen molar-refractivity contribution in [3.8, 4) is 5.88 Å². The number of hydrogen-bond donors (Lipinski definition) is 1. The van der Waals surface area contributed by atoms with Gasteiger partial charge in [0, 0.05) is 19.2 Å². The summed E-state index contributed by atoms with van der Waals surface area (Å²) in [5.74, 6) is 0.452. The van der Waals surface area contributed by atoms with Crippen LogP contribution in [0.25, 0.3) is 10.3 Å². The van der Waals surface area contributed by atoms with Crippen molar-refractivity contribution < 1.29 is 17.9 Å². The minimum absolute atomic E-state index is 0.132. The minimum atomic E-state index is -3.57. The highest BCUT2D eigenvalue weighted by atomic mass is 32.2. The van der Waals surface area contributed by atoms with Crippen molar-refractivity contribution in [2.45, 2.75) is 69.6 Å². The van der Waals surface area contributed by atoms with E-state index in [1.54, 1.807) is 41.7 Å². The number of fused-ring (bicyclic) bond motifs is 1. The van der Waals surface area contributed by atoms with Crippen LogP contribution in [0.2, 0.25) is 0 Å². The first-order valence-electron chi connectivity index (χ1n) is 13.1. The fraction of sp³-hybridized carbons (Fsp3) is 0.519. The molecule has 1 N–H and O–H groups in total. The van der Waals surface area contributed by atoms with Crippen LogP contribution in [0.3, 0.4) is 0 Å². The van der Waals surface area contributed by atoms with Crippen LogP contribution in [0.4, 0.5) is 5.13 Å². The van der Waals surface area contributed by atoms with Gasteiger partial charge in [0.15, 0.2) is 5.13 Å². The fourth-order valence-electron chi connectivity index (χ4n) is 5.01. The summed E-state index contributed by atoms with van der Waals surface area (Å²) in [6.45, 7) is 4.94. The van der Waals surface area contributed by atoms with E-state index >= 15 is 0 Å². The molecule has 1 amide bonds. The van der Waals surface area contributed by atoms with E-state index in [4.69, 9.17) is 4.74 Å². The topological polar surface area (TPSA) is 101 Å². The first-order valence-corrected chi connectivity index (χ1v) is 15.3. The second-order valence-corrected chi connectivity index (χ2v) is 12.5. The number of aromatic nitrogens is 2. The van der Waals surface area contributed by atoms with Gasteiger partial charge in [-0.2, -0.15) is 4.31 Å². The molecule has 2 heterocycles. The highest BCUT2D eigenvalue weighted by Crippen LogP contribution is 2.36. The van der Waals surface area contributed by atoms with Crippen molar-refractivity contribution in [1.29, 1.82) is 0 Å². The lowest BCUT2D eigenvalue weighted by atomic mass is 9.87. The van der Waals surface area contributed by atoms with Gasteiger partial charge < -0.3 is 10.1 Å². The summed E-state index contributed by atoms with van der Waals surface area (Å²) < 4.78 is 33.1. The number of carbonyl (C=O) groups is 1. The van der Waals surface area contributed by atoms with Gasteiger partial charge in [-0.3, -0.25) is 4.79 Å². The molecule has 3 aromatic rings. The Kier molecular flexibility index (Phi) is 9.15. The summed E-state index contributed by atoms with van der Waals surface area (Å²) in [5.41, 5.74) is 1.52. The van der Waals surface area contributed by atoms with Gasteiger partial charge in [0.2, 0.25) is 21.8 Å². The third-order valence-corrected chi connectivity index (χ3v) is 9.69. The summed E-state index contributed by atoms with van der Waals surface area (Å²) in [7, 11) is -2.01. The van der Waals surface area contributed by atoms with Crippen molar-refractivity contribution in [1.82, 2.24) is 14.3 Å². The van der Waals surface area contributed by atoms with Crippen LogP contribution >= 0.6 is 11.3 Å². The fourth-order valence-corrected chi connectivity index (χ4v) is 7.46. The Morgan fingerprint density at radius 2 is 1.76 bits per heavy atom. The van der Waals surface area contributed by atoms with Gasteiger partial charge in [-0.25, -0.2) is 18.4 Å². The number of pyridine rings is 1. The summed E-state index contributed by atoms with van der Waals surface area (Å²) in [6.07, 6.45) is 6.85. The highest BCUT2D eigenvalue weighted by molar-refractivity contribution is 7.89. The second kappa shape index (κ2) is 12.3. The lowest BCUT2D eigenvalue weighted by Crippen LogP contribution is -2.32. The first-order chi connectivity index (χ1) is 17.8. The van der Waals surface area contributed by atoms with Crippen molar-refractivity contribution in [3.05, 3.63) is 42.0 Å². The minimum Gasteiger partial charge on any atom is -0.481 e. The summed E-state index contributed by atoms with van der Waals surface area (Å²) in [5, 5.41) is 3.49. The molecule has 1 aliphatic rings. The van der Waals surface area contributed by atoms with Crippen molar-refractivity contribution in [2.75, 3.05) is 25.5 Å². The number of anilines is 1. The number of amides is 1. The molecule has 0 bridgehead atoms. The lowest BCUT2D eigenvalue weighted by molar-refractivity contribution is -0.118. The zero-order chi connectivity index (χ0) is 26.4. The van der Waals surface area contributed by atoms with E-state index in [-0.39, 0.29) is 10.8 Å². The van der Waals surface area contributed by atoms with Gasteiger partial charge in [-0.1, -0.05) is 63.0 Å². The maximum Gasteiger partial charge on any atom is 0.243 e. The van der Waals surface area contributed by atoms with Gasteiger partial charge >= 0.3 is 0 Å². The molecule has 37 heavy (non-hydrogen) atoms. The predicted molar refractivity (Wildman–Crippen MR) is 148 cm³/mol. The zero-order valence-corrected chi connectivity index (χ0v) is 23.4. The standard InChI is InChI=1S/C27H36N4O4S2/c1-4-16-31(17-5-2)37(33,34)21-12-10-20(11-13-21)22(18-19-8-6-7-9-19)25(32)30-27-28-23-14-15-24(35-3)29-26(23)36-27/h10-15,19,22H,4-9,16-18H2,1-3H3,(H,28,30,32). The molecule has 1 atom stereocenters. The van der Waals surface area contributed by atoms with Gasteiger partial charge in [0.1, 0.15) is 10.3 Å². The molecule has 1 aliphatic carbocycles. The number of ether oxygens (including phenoxy) is 1. The molecule has 0 saturated heterocycles. The molecule has 2 aromatic heterocycles. The molecular weight excluding hydrogens is 508 g/mol. The summed E-state index contributed by atoms with van der Waals surface area (Å²) in [6, 6.07) is 10.5. The van der Waals surface area contributed by atoms with E-state index in [9.17, 15) is 13.2 Å². The van der Waals surface area contributed by atoms with Crippen molar-refractivity contribution in [3.63, 3.8) is 0 Å². The maximum atomic E-state index is 13.5. The Morgan fingerprint density at radius 1 is 1.08 bits per heavy atom. The molecule has 10 heteroatoms.